The summed E-state index contributed by atoms with van der Waals surface area (Å²) in [5.41, 5.74) is 1.17. The van der Waals surface area contributed by atoms with Crippen molar-refractivity contribution in [3.05, 3.63) is 29.8 Å². The fourth-order valence-electron chi connectivity index (χ4n) is 1.96. The van der Waals surface area contributed by atoms with Crippen LogP contribution in [0, 0.1) is 5.92 Å². The summed E-state index contributed by atoms with van der Waals surface area (Å²) in [7, 11) is -3.14. The van der Waals surface area contributed by atoms with Crippen molar-refractivity contribution < 1.29 is 8.42 Å². The van der Waals surface area contributed by atoms with Gasteiger partial charge in [-0.05, 0) is 49.0 Å². The molecule has 20 heavy (non-hydrogen) atoms. The van der Waals surface area contributed by atoms with E-state index in [4.69, 9.17) is 0 Å². The van der Waals surface area contributed by atoms with Gasteiger partial charge >= 0.3 is 0 Å². The third-order valence-electron chi connectivity index (χ3n) is 3.23. The summed E-state index contributed by atoms with van der Waals surface area (Å²) in [5.74, 6) is 1.22. The standard InChI is InChI=1S/C16H27NO2S/c1-13(2)12-17-10-5-11-20(18,19)16-8-6-15(7-9-16)14(3)4/h6-9,13-14,17H,5,10-12H2,1-4H3. The second-order valence-electron chi connectivity index (χ2n) is 5.99. The molecule has 0 atom stereocenters. The van der Waals surface area contributed by atoms with Crippen LogP contribution in [0.3, 0.4) is 0 Å². The van der Waals surface area contributed by atoms with Gasteiger partial charge in [0.15, 0.2) is 9.84 Å². The normalized spacial score (nSPS) is 12.3. The van der Waals surface area contributed by atoms with Gasteiger partial charge in [0.25, 0.3) is 0 Å². The Labute approximate surface area is 123 Å². The number of hydrogen-bond acceptors (Lipinski definition) is 3. The molecule has 0 spiro atoms. The number of sulfone groups is 1. The van der Waals surface area contributed by atoms with Crippen molar-refractivity contribution >= 4 is 9.84 Å². The molecule has 3 nitrogen and oxygen atoms in total. The number of rotatable bonds is 8. The van der Waals surface area contributed by atoms with E-state index >= 15 is 0 Å². The van der Waals surface area contributed by atoms with Gasteiger partial charge < -0.3 is 5.32 Å². The summed E-state index contributed by atoms with van der Waals surface area (Å²) in [5, 5.41) is 3.27. The van der Waals surface area contributed by atoms with Crippen molar-refractivity contribution in [1.29, 1.82) is 0 Å². The highest BCUT2D eigenvalue weighted by Gasteiger charge is 2.14. The summed E-state index contributed by atoms with van der Waals surface area (Å²) < 4.78 is 24.4. The summed E-state index contributed by atoms with van der Waals surface area (Å²) in [6.45, 7) is 10.2. The smallest absolute Gasteiger partial charge is 0.178 e. The molecule has 0 saturated heterocycles. The zero-order valence-electron chi connectivity index (χ0n) is 13.0. The molecule has 114 valence electrons. The van der Waals surface area contributed by atoms with Gasteiger partial charge in [-0.25, -0.2) is 8.42 Å². The van der Waals surface area contributed by atoms with Gasteiger partial charge in [-0.15, -0.1) is 0 Å². The van der Waals surface area contributed by atoms with Crippen LogP contribution in [0.5, 0.6) is 0 Å². The van der Waals surface area contributed by atoms with E-state index in [2.05, 4.69) is 33.0 Å². The van der Waals surface area contributed by atoms with Gasteiger partial charge in [0.2, 0.25) is 0 Å². The minimum Gasteiger partial charge on any atom is -0.316 e. The third kappa shape index (κ3) is 5.63. The average molecular weight is 297 g/mol. The lowest BCUT2D eigenvalue weighted by Gasteiger charge is -2.09. The lowest BCUT2D eigenvalue weighted by atomic mass is 10.0. The van der Waals surface area contributed by atoms with Gasteiger partial charge in [0.1, 0.15) is 0 Å². The summed E-state index contributed by atoms with van der Waals surface area (Å²) >= 11 is 0. The molecule has 0 saturated carbocycles. The van der Waals surface area contributed by atoms with E-state index in [1.165, 1.54) is 5.56 Å². The average Bonchev–Trinajstić information content (AvgIpc) is 2.38. The number of nitrogens with one attached hydrogen (secondary N) is 1. The maximum absolute atomic E-state index is 12.2. The lowest BCUT2D eigenvalue weighted by Crippen LogP contribution is -2.22. The van der Waals surface area contributed by atoms with Crippen molar-refractivity contribution in [2.24, 2.45) is 5.92 Å². The predicted octanol–water partition coefficient (Wildman–Crippen LogP) is 3.22. The van der Waals surface area contributed by atoms with Gasteiger partial charge in [0, 0.05) is 0 Å². The van der Waals surface area contributed by atoms with E-state index in [9.17, 15) is 8.42 Å². The fourth-order valence-corrected chi connectivity index (χ4v) is 3.27. The number of benzene rings is 1. The van der Waals surface area contributed by atoms with Crippen LogP contribution in [-0.4, -0.2) is 27.3 Å². The van der Waals surface area contributed by atoms with E-state index in [0.717, 1.165) is 13.1 Å². The van der Waals surface area contributed by atoms with E-state index in [1.807, 2.05) is 12.1 Å². The van der Waals surface area contributed by atoms with Crippen LogP contribution in [0.2, 0.25) is 0 Å². The quantitative estimate of drug-likeness (QED) is 0.749. The van der Waals surface area contributed by atoms with Crippen LogP contribution in [0.4, 0.5) is 0 Å². The second-order valence-corrected chi connectivity index (χ2v) is 8.10. The zero-order valence-corrected chi connectivity index (χ0v) is 13.8. The molecule has 0 aliphatic carbocycles. The molecular weight excluding hydrogens is 270 g/mol. The maximum atomic E-state index is 12.2. The minimum atomic E-state index is -3.14. The molecular formula is C16H27NO2S. The van der Waals surface area contributed by atoms with Gasteiger partial charge in [-0.2, -0.15) is 0 Å². The van der Waals surface area contributed by atoms with Gasteiger partial charge in [-0.1, -0.05) is 39.8 Å². The molecule has 0 amide bonds. The lowest BCUT2D eigenvalue weighted by molar-refractivity contribution is 0.546. The van der Waals surface area contributed by atoms with Crippen molar-refractivity contribution in [1.82, 2.24) is 5.32 Å². The first kappa shape index (κ1) is 17.2. The molecule has 0 bridgehead atoms. The molecule has 0 fully saturated rings. The van der Waals surface area contributed by atoms with Crippen LogP contribution in [0.1, 0.15) is 45.6 Å². The van der Waals surface area contributed by atoms with Crippen LogP contribution in [0.15, 0.2) is 29.2 Å². The van der Waals surface area contributed by atoms with Crippen molar-refractivity contribution in [3.63, 3.8) is 0 Å². The topological polar surface area (TPSA) is 46.2 Å². The molecule has 0 aromatic heterocycles. The van der Waals surface area contributed by atoms with E-state index in [0.29, 0.717) is 23.2 Å². The van der Waals surface area contributed by atoms with Crippen LogP contribution >= 0.6 is 0 Å². The Balaban J connectivity index is 2.52. The first-order valence-electron chi connectivity index (χ1n) is 7.36. The molecule has 4 heteroatoms. The predicted molar refractivity (Wildman–Crippen MR) is 84.9 cm³/mol. The van der Waals surface area contributed by atoms with Gasteiger partial charge in [-0.3, -0.25) is 0 Å². The highest BCUT2D eigenvalue weighted by molar-refractivity contribution is 7.91. The molecule has 0 heterocycles. The highest BCUT2D eigenvalue weighted by Crippen LogP contribution is 2.18. The fraction of sp³-hybridized carbons (Fsp3) is 0.625. The molecule has 1 aromatic rings. The minimum absolute atomic E-state index is 0.207. The third-order valence-corrected chi connectivity index (χ3v) is 5.04. The van der Waals surface area contributed by atoms with Crippen molar-refractivity contribution in [3.8, 4) is 0 Å². The van der Waals surface area contributed by atoms with Crippen LogP contribution in [0.25, 0.3) is 0 Å². The number of hydrogen-bond donors (Lipinski definition) is 1. The Morgan fingerprint density at radius 3 is 2.15 bits per heavy atom. The Hall–Kier alpha value is -0.870. The maximum Gasteiger partial charge on any atom is 0.178 e. The van der Waals surface area contributed by atoms with Crippen molar-refractivity contribution in [2.45, 2.75) is 44.9 Å². The van der Waals surface area contributed by atoms with Crippen LogP contribution in [-0.2, 0) is 9.84 Å². The SMILES string of the molecule is CC(C)CNCCCS(=O)(=O)c1ccc(C(C)C)cc1. The molecule has 1 aromatic carbocycles. The molecule has 0 radical (unpaired) electrons. The van der Waals surface area contributed by atoms with Gasteiger partial charge in [0.05, 0.1) is 10.6 Å². The van der Waals surface area contributed by atoms with E-state index in [-0.39, 0.29) is 5.75 Å². The Morgan fingerprint density at radius 2 is 1.65 bits per heavy atom. The highest BCUT2D eigenvalue weighted by atomic mass is 32.2. The Kier molecular flexibility index (Phi) is 6.69. The first-order chi connectivity index (χ1) is 9.33. The summed E-state index contributed by atoms with van der Waals surface area (Å²) in [4.78, 5) is 0.436. The molecule has 1 rings (SSSR count). The largest absolute Gasteiger partial charge is 0.316 e. The molecule has 0 unspecified atom stereocenters. The van der Waals surface area contributed by atoms with Crippen molar-refractivity contribution in [2.75, 3.05) is 18.8 Å². The zero-order chi connectivity index (χ0) is 15.2. The van der Waals surface area contributed by atoms with E-state index in [1.54, 1.807) is 12.1 Å². The Morgan fingerprint density at radius 1 is 1.05 bits per heavy atom. The summed E-state index contributed by atoms with van der Waals surface area (Å²) in [6, 6.07) is 7.28. The van der Waals surface area contributed by atoms with Crippen LogP contribution < -0.4 is 5.32 Å². The Bertz CT molecular complexity index is 490. The van der Waals surface area contributed by atoms with E-state index < -0.39 is 9.84 Å². The first-order valence-corrected chi connectivity index (χ1v) is 9.01. The molecule has 0 aliphatic heterocycles. The molecule has 1 N–H and O–H groups in total. The second kappa shape index (κ2) is 7.79. The monoisotopic (exact) mass is 297 g/mol. The molecule has 0 aliphatic rings. The summed E-state index contributed by atoms with van der Waals surface area (Å²) in [6.07, 6.45) is 0.654.